The van der Waals surface area contributed by atoms with Crippen LogP contribution in [0.1, 0.15) is 52.9 Å². The van der Waals surface area contributed by atoms with Crippen LogP contribution in [0.3, 0.4) is 0 Å². The van der Waals surface area contributed by atoms with E-state index in [1.165, 1.54) is 37.9 Å². The minimum atomic E-state index is 0.268. The zero-order valence-corrected chi connectivity index (χ0v) is 9.90. The van der Waals surface area contributed by atoms with Gasteiger partial charge in [-0.1, -0.05) is 46.5 Å². The Morgan fingerprint density at radius 3 is 2.64 bits per heavy atom. The Kier molecular flexibility index (Phi) is 4.43. The fourth-order valence-electron chi connectivity index (χ4n) is 1.96. The maximum atomic E-state index is 4.51. The predicted molar refractivity (Wildman–Crippen MR) is 62.8 cm³/mol. The van der Waals surface area contributed by atoms with E-state index in [1.54, 1.807) is 0 Å². The zero-order chi connectivity index (χ0) is 10.4. The van der Waals surface area contributed by atoms with Crippen molar-refractivity contribution in [1.29, 1.82) is 0 Å². The Morgan fingerprint density at radius 1 is 1.29 bits per heavy atom. The highest BCUT2D eigenvalue weighted by atomic mass is 15.1. The minimum absolute atomic E-state index is 0.268. The van der Waals surface area contributed by atoms with Gasteiger partial charge in [-0.25, -0.2) is 0 Å². The first-order chi connectivity index (χ1) is 6.67. The van der Waals surface area contributed by atoms with E-state index in [9.17, 15) is 0 Å². The molecule has 0 aromatic heterocycles. The monoisotopic (exact) mass is 196 g/mol. The van der Waals surface area contributed by atoms with Crippen LogP contribution in [0.25, 0.3) is 0 Å². The normalized spacial score (nSPS) is 16.6. The molecule has 0 radical (unpaired) electrons. The quantitative estimate of drug-likeness (QED) is 0.649. The Balaban J connectivity index is 2.26. The molecule has 1 aliphatic rings. The lowest BCUT2D eigenvalue weighted by Crippen LogP contribution is -2.33. The summed E-state index contributed by atoms with van der Waals surface area (Å²) < 4.78 is 0. The highest BCUT2D eigenvalue weighted by molar-refractivity contribution is 5.88. The molecular weight excluding hydrogens is 172 g/mol. The summed E-state index contributed by atoms with van der Waals surface area (Å²) in [7, 11) is 0. The van der Waals surface area contributed by atoms with Crippen molar-refractivity contribution in [3.05, 3.63) is 0 Å². The van der Waals surface area contributed by atoms with Gasteiger partial charge >= 0.3 is 0 Å². The molecule has 0 aromatic carbocycles. The van der Waals surface area contributed by atoms with Crippen molar-refractivity contribution in [1.82, 2.24) is 5.32 Å². The highest BCUT2D eigenvalue weighted by Crippen LogP contribution is 2.26. The van der Waals surface area contributed by atoms with E-state index in [0.717, 1.165) is 13.1 Å². The minimum Gasteiger partial charge on any atom is -0.372 e. The SMILES string of the molecule is CCCCCCC(C)(C)C1=NCCN1. The van der Waals surface area contributed by atoms with Gasteiger partial charge in [0.2, 0.25) is 0 Å². The maximum Gasteiger partial charge on any atom is 0.102 e. The topological polar surface area (TPSA) is 24.4 Å². The molecule has 82 valence electrons. The van der Waals surface area contributed by atoms with Gasteiger partial charge in [-0.05, 0) is 6.42 Å². The van der Waals surface area contributed by atoms with Crippen molar-refractivity contribution < 1.29 is 0 Å². The van der Waals surface area contributed by atoms with Crippen LogP contribution in [0.5, 0.6) is 0 Å². The van der Waals surface area contributed by atoms with Gasteiger partial charge in [0.1, 0.15) is 5.84 Å². The molecule has 2 nitrogen and oxygen atoms in total. The maximum absolute atomic E-state index is 4.51. The molecule has 0 bridgehead atoms. The molecule has 0 unspecified atom stereocenters. The highest BCUT2D eigenvalue weighted by Gasteiger charge is 2.25. The first-order valence-corrected chi connectivity index (χ1v) is 5.95. The van der Waals surface area contributed by atoms with Crippen molar-refractivity contribution in [3.8, 4) is 0 Å². The molecular formula is C12H24N2. The lowest BCUT2D eigenvalue weighted by molar-refractivity contribution is 0.434. The summed E-state index contributed by atoms with van der Waals surface area (Å²) in [5.74, 6) is 1.23. The number of nitrogens with zero attached hydrogens (tertiary/aromatic N) is 1. The van der Waals surface area contributed by atoms with Crippen molar-refractivity contribution in [2.45, 2.75) is 52.9 Å². The largest absolute Gasteiger partial charge is 0.372 e. The summed E-state index contributed by atoms with van der Waals surface area (Å²) in [4.78, 5) is 4.51. The van der Waals surface area contributed by atoms with E-state index in [2.05, 4.69) is 31.1 Å². The standard InChI is InChI=1S/C12H24N2/c1-4-5-6-7-8-12(2,3)11-13-9-10-14-11/h4-10H2,1-3H3,(H,13,14). The van der Waals surface area contributed by atoms with Crippen LogP contribution in [0.2, 0.25) is 0 Å². The third-order valence-electron chi connectivity index (χ3n) is 2.97. The number of rotatable bonds is 6. The number of nitrogens with one attached hydrogen (secondary N) is 1. The predicted octanol–water partition coefficient (Wildman–Crippen LogP) is 2.98. The third kappa shape index (κ3) is 3.32. The molecule has 0 spiro atoms. The molecule has 1 rings (SSSR count). The summed E-state index contributed by atoms with van der Waals surface area (Å²) in [6.07, 6.45) is 6.66. The van der Waals surface area contributed by atoms with Gasteiger partial charge in [0.25, 0.3) is 0 Å². The second kappa shape index (κ2) is 5.38. The first kappa shape index (κ1) is 11.5. The third-order valence-corrected chi connectivity index (χ3v) is 2.97. The number of aliphatic imine (C=N–C) groups is 1. The van der Waals surface area contributed by atoms with E-state index in [-0.39, 0.29) is 5.41 Å². The van der Waals surface area contributed by atoms with E-state index in [0.29, 0.717) is 0 Å². The Bertz CT molecular complexity index is 194. The van der Waals surface area contributed by atoms with Crippen LogP contribution in [0, 0.1) is 5.41 Å². The molecule has 0 fully saturated rings. The van der Waals surface area contributed by atoms with Gasteiger partial charge in [-0.3, -0.25) is 4.99 Å². The second-order valence-corrected chi connectivity index (χ2v) is 4.85. The van der Waals surface area contributed by atoms with Crippen molar-refractivity contribution in [2.24, 2.45) is 10.4 Å². The van der Waals surface area contributed by atoms with Crippen LogP contribution in [0.15, 0.2) is 4.99 Å². The first-order valence-electron chi connectivity index (χ1n) is 5.95. The van der Waals surface area contributed by atoms with Crippen LogP contribution in [-0.2, 0) is 0 Å². The van der Waals surface area contributed by atoms with Gasteiger partial charge < -0.3 is 5.32 Å². The number of hydrogen-bond donors (Lipinski definition) is 1. The van der Waals surface area contributed by atoms with E-state index in [4.69, 9.17) is 0 Å². The number of amidine groups is 1. The van der Waals surface area contributed by atoms with Crippen LogP contribution >= 0.6 is 0 Å². The van der Waals surface area contributed by atoms with Gasteiger partial charge in [0, 0.05) is 12.0 Å². The molecule has 14 heavy (non-hydrogen) atoms. The number of hydrogen-bond acceptors (Lipinski definition) is 2. The molecule has 1 aliphatic heterocycles. The molecule has 1 N–H and O–H groups in total. The van der Waals surface area contributed by atoms with Gasteiger partial charge in [0.05, 0.1) is 6.54 Å². The smallest absolute Gasteiger partial charge is 0.102 e. The van der Waals surface area contributed by atoms with Crippen molar-refractivity contribution in [2.75, 3.05) is 13.1 Å². The molecule has 0 amide bonds. The average Bonchev–Trinajstić information content (AvgIpc) is 2.65. The summed E-state index contributed by atoms with van der Waals surface area (Å²) in [5.41, 5.74) is 0.268. The Hall–Kier alpha value is -0.530. The van der Waals surface area contributed by atoms with Gasteiger partial charge in [0.15, 0.2) is 0 Å². The summed E-state index contributed by atoms with van der Waals surface area (Å²) in [6, 6.07) is 0. The molecule has 0 aromatic rings. The Morgan fingerprint density at radius 2 is 2.07 bits per heavy atom. The fraction of sp³-hybridized carbons (Fsp3) is 0.917. The van der Waals surface area contributed by atoms with E-state index >= 15 is 0 Å². The lowest BCUT2D eigenvalue weighted by Gasteiger charge is -2.24. The number of unbranched alkanes of at least 4 members (excludes halogenated alkanes) is 3. The van der Waals surface area contributed by atoms with Crippen molar-refractivity contribution in [3.63, 3.8) is 0 Å². The van der Waals surface area contributed by atoms with Gasteiger partial charge in [-0.2, -0.15) is 0 Å². The van der Waals surface area contributed by atoms with Gasteiger partial charge in [-0.15, -0.1) is 0 Å². The summed E-state index contributed by atoms with van der Waals surface area (Å²) >= 11 is 0. The second-order valence-electron chi connectivity index (χ2n) is 4.85. The fourth-order valence-corrected chi connectivity index (χ4v) is 1.96. The average molecular weight is 196 g/mol. The molecule has 0 aliphatic carbocycles. The van der Waals surface area contributed by atoms with Crippen LogP contribution in [0.4, 0.5) is 0 Å². The zero-order valence-electron chi connectivity index (χ0n) is 9.90. The molecule has 0 atom stereocenters. The van der Waals surface area contributed by atoms with Crippen LogP contribution < -0.4 is 5.32 Å². The summed E-state index contributed by atoms with van der Waals surface area (Å²) in [6.45, 7) is 8.86. The van der Waals surface area contributed by atoms with E-state index in [1.807, 2.05) is 0 Å². The molecule has 0 saturated heterocycles. The van der Waals surface area contributed by atoms with E-state index < -0.39 is 0 Å². The summed E-state index contributed by atoms with van der Waals surface area (Å²) in [5, 5.41) is 3.39. The lowest BCUT2D eigenvalue weighted by atomic mass is 9.85. The van der Waals surface area contributed by atoms with Crippen LogP contribution in [-0.4, -0.2) is 18.9 Å². The molecule has 1 heterocycles. The molecule has 2 heteroatoms. The Labute approximate surface area is 88.2 Å². The molecule has 0 saturated carbocycles. The van der Waals surface area contributed by atoms with Crippen molar-refractivity contribution >= 4 is 5.84 Å².